The number of aryl methyl sites for hydroxylation is 1. The Morgan fingerprint density at radius 1 is 1.33 bits per heavy atom. The van der Waals surface area contributed by atoms with Crippen molar-refractivity contribution in [2.24, 2.45) is 0 Å². The Balaban J connectivity index is 1.69. The van der Waals surface area contributed by atoms with Crippen molar-refractivity contribution < 1.29 is 14.6 Å². The first kappa shape index (κ1) is 15.0. The van der Waals surface area contributed by atoms with Crippen LogP contribution in [0.4, 0.5) is 0 Å². The highest BCUT2D eigenvalue weighted by Crippen LogP contribution is 2.11. The molecular formula is C16H18N2O3. The molecule has 0 aliphatic heterocycles. The lowest BCUT2D eigenvalue weighted by atomic mass is 10.2. The number of carbonyl (C=O) groups is 1. The Morgan fingerprint density at radius 3 is 2.86 bits per heavy atom. The van der Waals surface area contributed by atoms with Gasteiger partial charge in [0.15, 0.2) is 0 Å². The largest absolute Gasteiger partial charge is 0.492 e. The van der Waals surface area contributed by atoms with Crippen molar-refractivity contribution in [3.63, 3.8) is 0 Å². The minimum absolute atomic E-state index is 0.196. The first-order chi connectivity index (χ1) is 10.1. The van der Waals surface area contributed by atoms with Crippen molar-refractivity contribution in [1.82, 2.24) is 10.3 Å². The van der Waals surface area contributed by atoms with E-state index >= 15 is 0 Å². The molecule has 0 saturated carbocycles. The van der Waals surface area contributed by atoms with Gasteiger partial charge in [-0.3, -0.25) is 4.98 Å². The van der Waals surface area contributed by atoms with Crippen LogP contribution in [-0.4, -0.2) is 29.2 Å². The Kier molecular flexibility index (Phi) is 5.29. The minimum atomic E-state index is -0.964. The number of aromatic carboxylic acids is 1. The zero-order valence-electron chi connectivity index (χ0n) is 11.9. The van der Waals surface area contributed by atoms with Crippen molar-refractivity contribution in [3.8, 4) is 5.75 Å². The number of nitrogens with one attached hydrogen (secondary N) is 1. The van der Waals surface area contributed by atoms with Gasteiger partial charge >= 0.3 is 5.97 Å². The molecule has 1 aromatic heterocycles. The fourth-order valence-electron chi connectivity index (χ4n) is 1.82. The predicted octanol–water partition coefficient (Wildman–Crippen LogP) is 2.26. The lowest BCUT2D eigenvalue weighted by Gasteiger charge is -2.08. The van der Waals surface area contributed by atoms with E-state index < -0.39 is 5.97 Å². The SMILES string of the molecule is Cc1cccc(OCCNCc2ccc(C(=O)O)cn2)c1. The topological polar surface area (TPSA) is 71.5 Å². The van der Waals surface area contributed by atoms with Gasteiger partial charge in [-0.1, -0.05) is 12.1 Å². The van der Waals surface area contributed by atoms with Crippen LogP contribution < -0.4 is 10.1 Å². The van der Waals surface area contributed by atoms with Crippen LogP contribution in [0.25, 0.3) is 0 Å². The molecule has 5 heteroatoms. The summed E-state index contributed by atoms with van der Waals surface area (Å²) in [5, 5.41) is 12.0. The highest BCUT2D eigenvalue weighted by molar-refractivity contribution is 5.87. The molecule has 2 rings (SSSR count). The van der Waals surface area contributed by atoms with Gasteiger partial charge in [-0.15, -0.1) is 0 Å². The maximum Gasteiger partial charge on any atom is 0.337 e. The van der Waals surface area contributed by atoms with Gasteiger partial charge in [0, 0.05) is 19.3 Å². The lowest BCUT2D eigenvalue weighted by Crippen LogP contribution is -2.21. The molecule has 0 fully saturated rings. The monoisotopic (exact) mass is 286 g/mol. The molecule has 21 heavy (non-hydrogen) atoms. The molecule has 0 bridgehead atoms. The summed E-state index contributed by atoms with van der Waals surface area (Å²) < 4.78 is 5.61. The molecule has 2 aromatic rings. The van der Waals surface area contributed by atoms with Gasteiger partial charge in [0.2, 0.25) is 0 Å². The van der Waals surface area contributed by atoms with Gasteiger partial charge in [0.25, 0.3) is 0 Å². The molecule has 0 aliphatic rings. The fraction of sp³-hybridized carbons (Fsp3) is 0.250. The molecule has 0 atom stereocenters. The van der Waals surface area contributed by atoms with E-state index in [9.17, 15) is 4.79 Å². The van der Waals surface area contributed by atoms with Crippen LogP contribution in [0.5, 0.6) is 5.75 Å². The van der Waals surface area contributed by atoms with E-state index in [1.807, 2.05) is 31.2 Å². The zero-order valence-corrected chi connectivity index (χ0v) is 11.9. The number of pyridine rings is 1. The molecule has 1 aromatic carbocycles. The number of benzene rings is 1. The zero-order chi connectivity index (χ0) is 15.1. The molecule has 2 N–H and O–H groups in total. The number of nitrogens with zero attached hydrogens (tertiary/aromatic N) is 1. The second kappa shape index (κ2) is 7.40. The van der Waals surface area contributed by atoms with Gasteiger partial charge in [-0.25, -0.2) is 4.79 Å². The third-order valence-electron chi connectivity index (χ3n) is 2.91. The Bertz CT molecular complexity index is 597. The average molecular weight is 286 g/mol. The van der Waals surface area contributed by atoms with Gasteiger partial charge in [0.05, 0.1) is 11.3 Å². The maximum absolute atomic E-state index is 10.7. The molecule has 5 nitrogen and oxygen atoms in total. The quantitative estimate of drug-likeness (QED) is 0.764. The van der Waals surface area contributed by atoms with E-state index in [-0.39, 0.29) is 5.56 Å². The molecule has 1 heterocycles. The number of carboxylic acids is 1. The average Bonchev–Trinajstić information content (AvgIpc) is 2.47. The van der Waals surface area contributed by atoms with Crippen molar-refractivity contribution in [2.45, 2.75) is 13.5 Å². The second-order valence-corrected chi connectivity index (χ2v) is 4.69. The highest BCUT2D eigenvalue weighted by atomic mass is 16.5. The Labute approximate surface area is 123 Å². The summed E-state index contributed by atoms with van der Waals surface area (Å²) >= 11 is 0. The normalized spacial score (nSPS) is 10.3. The molecule has 0 saturated heterocycles. The summed E-state index contributed by atoms with van der Waals surface area (Å²) in [5.41, 5.74) is 2.17. The molecule has 110 valence electrons. The van der Waals surface area contributed by atoms with E-state index in [0.29, 0.717) is 19.7 Å². The molecule has 0 unspecified atom stereocenters. The third kappa shape index (κ3) is 4.89. The fourth-order valence-corrected chi connectivity index (χ4v) is 1.82. The van der Waals surface area contributed by atoms with Crippen LogP contribution in [0.2, 0.25) is 0 Å². The predicted molar refractivity (Wildman–Crippen MR) is 79.6 cm³/mol. The van der Waals surface area contributed by atoms with E-state index in [4.69, 9.17) is 9.84 Å². The highest BCUT2D eigenvalue weighted by Gasteiger charge is 2.02. The van der Waals surface area contributed by atoms with Crippen LogP contribution in [0.1, 0.15) is 21.6 Å². The summed E-state index contributed by atoms with van der Waals surface area (Å²) in [4.78, 5) is 14.8. The van der Waals surface area contributed by atoms with Crippen LogP contribution in [0.3, 0.4) is 0 Å². The summed E-state index contributed by atoms with van der Waals surface area (Å²) in [5.74, 6) is -0.103. The number of hydrogen-bond donors (Lipinski definition) is 2. The van der Waals surface area contributed by atoms with Crippen LogP contribution >= 0.6 is 0 Å². The number of rotatable bonds is 7. The van der Waals surface area contributed by atoms with Gasteiger partial charge in [0.1, 0.15) is 12.4 Å². The van der Waals surface area contributed by atoms with E-state index in [1.165, 1.54) is 11.8 Å². The molecule has 0 amide bonds. The van der Waals surface area contributed by atoms with Crippen molar-refractivity contribution >= 4 is 5.97 Å². The van der Waals surface area contributed by atoms with Gasteiger partial charge in [-0.2, -0.15) is 0 Å². The van der Waals surface area contributed by atoms with Crippen LogP contribution in [0.15, 0.2) is 42.6 Å². The first-order valence-electron chi connectivity index (χ1n) is 6.73. The summed E-state index contributed by atoms with van der Waals surface area (Å²) in [6.07, 6.45) is 1.36. The van der Waals surface area contributed by atoms with Crippen LogP contribution in [0, 0.1) is 6.92 Å². The number of hydrogen-bond acceptors (Lipinski definition) is 4. The standard InChI is InChI=1S/C16H18N2O3/c1-12-3-2-4-15(9-12)21-8-7-17-11-14-6-5-13(10-18-14)16(19)20/h2-6,9-10,17H,7-8,11H2,1H3,(H,19,20). The number of carboxylic acid groups (broad SMARTS) is 1. The van der Waals surface area contributed by atoms with E-state index in [0.717, 1.165) is 11.4 Å². The van der Waals surface area contributed by atoms with Crippen LogP contribution in [-0.2, 0) is 6.54 Å². The Morgan fingerprint density at radius 2 is 2.19 bits per heavy atom. The first-order valence-corrected chi connectivity index (χ1v) is 6.73. The molecule has 0 spiro atoms. The van der Waals surface area contributed by atoms with Gasteiger partial charge < -0.3 is 15.2 Å². The summed E-state index contributed by atoms with van der Waals surface area (Å²) in [7, 11) is 0. The van der Waals surface area contributed by atoms with E-state index in [1.54, 1.807) is 12.1 Å². The van der Waals surface area contributed by atoms with E-state index in [2.05, 4.69) is 10.3 Å². The number of aromatic nitrogens is 1. The maximum atomic E-state index is 10.7. The van der Waals surface area contributed by atoms with Gasteiger partial charge in [-0.05, 0) is 36.8 Å². The Hall–Kier alpha value is -2.40. The van der Waals surface area contributed by atoms with Crippen molar-refractivity contribution in [1.29, 1.82) is 0 Å². The van der Waals surface area contributed by atoms with Crippen molar-refractivity contribution in [3.05, 3.63) is 59.4 Å². The second-order valence-electron chi connectivity index (χ2n) is 4.69. The third-order valence-corrected chi connectivity index (χ3v) is 2.91. The van der Waals surface area contributed by atoms with Crippen molar-refractivity contribution in [2.75, 3.05) is 13.2 Å². The number of ether oxygens (including phenoxy) is 1. The lowest BCUT2D eigenvalue weighted by molar-refractivity contribution is 0.0696. The summed E-state index contributed by atoms with van der Waals surface area (Å²) in [6, 6.07) is 11.2. The molecule has 0 aliphatic carbocycles. The minimum Gasteiger partial charge on any atom is -0.492 e. The smallest absolute Gasteiger partial charge is 0.337 e. The summed E-state index contributed by atoms with van der Waals surface area (Å²) in [6.45, 7) is 3.86. The molecule has 0 radical (unpaired) electrons. The molecular weight excluding hydrogens is 268 g/mol.